The molecule has 0 spiro atoms. The van der Waals surface area contributed by atoms with Gasteiger partial charge in [0.1, 0.15) is 0 Å². The fourth-order valence-electron chi connectivity index (χ4n) is 3.62. The molecule has 0 saturated carbocycles. The number of hydrogen-bond acceptors (Lipinski definition) is 8. The quantitative estimate of drug-likeness (QED) is 0.348. The lowest BCUT2D eigenvalue weighted by Gasteiger charge is -2.23. The van der Waals surface area contributed by atoms with Crippen molar-refractivity contribution in [3.63, 3.8) is 0 Å². The number of para-hydroxylation sites is 2. The third-order valence-corrected chi connectivity index (χ3v) is 5.16. The van der Waals surface area contributed by atoms with Crippen LogP contribution in [0.1, 0.15) is 34.1 Å². The second kappa shape index (κ2) is 8.58. The van der Waals surface area contributed by atoms with Gasteiger partial charge in [0.25, 0.3) is 11.6 Å². The minimum atomic E-state index is -0.730. The summed E-state index contributed by atoms with van der Waals surface area (Å²) in [5.41, 5.74) is 0.919. The summed E-state index contributed by atoms with van der Waals surface area (Å²) in [5.74, 6) is -0.309. The summed E-state index contributed by atoms with van der Waals surface area (Å²) < 4.78 is 4.97. The van der Waals surface area contributed by atoms with Gasteiger partial charge in [0.15, 0.2) is 11.6 Å². The summed E-state index contributed by atoms with van der Waals surface area (Å²) in [4.78, 5) is 49.3. The number of ether oxygens (including phenoxy) is 1. The molecule has 0 saturated heterocycles. The van der Waals surface area contributed by atoms with Crippen molar-refractivity contribution in [3.05, 3.63) is 63.7 Å². The average Bonchev–Trinajstić information content (AvgIpc) is 2.95. The molecule has 2 heterocycles. The first-order chi connectivity index (χ1) is 15.4. The lowest BCUT2D eigenvalue weighted by molar-refractivity contribution is -0.384. The number of anilines is 2. The van der Waals surface area contributed by atoms with Gasteiger partial charge in [-0.2, -0.15) is 0 Å². The first-order valence-corrected chi connectivity index (χ1v) is 10.2. The molecule has 10 heteroatoms. The number of non-ortho nitro benzene ring substituents is 1. The molecular weight excluding hydrogens is 414 g/mol. The van der Waals surface area contributed by atoms with Crippen molar-refractivity contribution in [2.45, 2.75) is 13.3 Å². The van der Waals surface area contributed by atoms with Crippen molar-refractivity contribution in [1.82, 2.24) is 9.97 Å². The average molecular weight is 435 g/mol. The zero-order valence-electron chi connectivity index (χ0n) is 17.6. The normalized spacial score (nSPS) is 13.4. The van der Waals surface area contributed by atoms with E-state index in [1.165, 1.54) is 11.0 Å². The third kappa shape index (κ3) is 3.94. The van der Waals surface area contributed by atoms with Crippen LogP contribution in [0.5, 0.6) is 0 Å². The SMILES string of the molecule is CCOC(=O)c1cc(C(=O)N2CCCN(C)c3nc4ccccc4nc32)cc([N+](=O)[O-])c1. The maximum absolute atomic E-state index is 13.5. The number of esters is 1. The smallest absolute Gasteiger partial charge is 0.338 e. The molecule has 1 amide bonds. The Balaban J connectivity index is 1.83. The van der Waals surface area contributed by atoms with E-state index in [0.29, 0.717) is 42.2 Å². The van der Waals surface area contributed by atoms with E-state index in [9.17, 15) is 19.7 Å². The third-order valence-electron chi connectivity index (χ3n) is 5.16. The summed E-state index contributed by atoms with van der Waals surface area (Å²) in [7, 11) is 1.88. The van der Waals surface area contributed by atoms with E-state index in [0.717, 1.165) is 12.1 Å². The molecule has 0 N–H and O–H groups in total. The van der Waals surface area contributed by atoms with Crippen LogP contribution in [-0.4, -0.2) is 53.5 Å². The summed E-state index contributed by atoms with van der Waals surface area (Å²) >= 11 is 0. The van der Waals surface area contributed by atoms with Crippen LogP contribution in [-0.2, 0) is 4.74 Å². The van der Waals surface area contributed by atoms with E-state index in [-0.39, 0.29) is 23.4 Å². The van der Waals surface area contributed by atoms with Gasteiger partial charge in [-0.25, -0.2) is 14.8 Å². The largest absolute Gasteiger partial charge is 0.462 e. The molecule has 32 heavy (non-hydrogen) atoms. The van der Waals surface area contributed by atoms with Gasteiger partial charge in [0.05, 0.1) is 28.1 Å². The number of aromatic nitrogens is 2. The van der Waals surface area contributed by atoms with Crippen LogP contribution in [0.25, 0.3) is 11.0 Å². The Labute approximate surface area is 183 Å². The lowest BCUT2D eigenvalue weighted by Crippen LogP contribution is -2.32. The first kappa shape index (κ1) is 21.2. The highest BCUT2D eigenvalue weighted by molar-refractivity contribution is 6.09. The van der Waals surface area contributed by atoms with E-state index in [4.69, 9.17) is 4.74 Å². The summed E-state index contributed by atoms with van der Waals surface area (Å²) in [6, 6.07) is 10.9. The molecule has 0 fully saturated rings. The zero-order valence-corrected chi connectivity index (χ0v) is 17.6. The number of fused-ring (bicyclic) bond motifs is 2. The molecule has 1 aliphatic rings. The van der Waals surface area contributed by atoms with Crippen LogP contribution >= 0.6 is 0 Å². The Kier molecular flexibility index (Phi) is 5.67. The Hall–Kier alpha value is -4.08. The molecule has 0 aliphatic carbocycles. The van der Waals surface area contributed by atoms with Crippen LogP contribution in [0.4, 0.5) is 17.3 Å². The number of benzene rings is 2. The number of rotatable bonds is 4. The minimum absolute atomic E-state index is 0.00714. The van der Waals surface area contributed by atoms with Gasteiger partial charge in [-0.3, -0.25) is 19.8 Å². The number of nitro groups is 1. The first-order valence-electron chi connectivity index (χ1n) is 10.2. The monoisotopic (exact) mass is 435 g/mol. The Bertz CT molecular complexity index is 1230. The van der Waals surface area contributed by atoms with Crippen molar-refractivity contribution in [3.8, 4) is 0 Å². The predicted octanol–water partition coefficient (Wildman–Crippen LogP) is 3.20. The standard InChI is InChI=1S/C22H21N5O5/c1-3-32-22(29)15-11-14(12-16(13-15)27(30)31)21(28)26-10-6-9-25(2)19-20(26)24-18-8-5-4-7-17(18)23-19/h4-5,7-8,11-13H,3,6,9-10H2,1-2H3. The molecule has 0 atom stereocenters. The minimum Gasteiger partial charge on any atom is -0.462 e. The second-order valence-corrected chi connectivity index (χ2v) is 7.34. The lowest BCUT2D eigenvalue weighted by atomic mass is 10.1. The Morgan fingerprint density at radius 3 is 2.38 bits per heavy atom. The van der Waals surface area contributed by atoms with Crippen molar-refractivity contribution < 1.29 is 19.2 Å². The molecular formula is C22H21N5O5. The van der Waals surface area contributed by atoms with Gasteiger partial charge < -0.3 is 9.64 Å². The van der Waals surface area contributed by atoms with Crippen LogP contribution < -0.4 is 9.80 Å². The maximum Gasteiger partial charge on any atom is 0.338 e. The van der Waals surface area contributed by atoms with Crippen molar-refractivity contribution >= 4 is 40.2 Å². The molecule has 164 valence electrons. The van der Waals surface area contributed by atoms with Crippen LogP contribution in [0.2, 0.25) is 0 Å². The fraction of sp³-hybridized carbons (Fsp3) is 0.273. The topological polar surface area (TPSA) is 119 Å². The van der Waals surface area contributed by atoms with Crippen LogP contribution in [0, 0.1) is 10.1 Å². The highest BCUT2D eigenvalue weighted by atomic mass is 16.6. The van der Waals surface area contributed by atoms with Crippen molar-refractivity contribution in [1.29, 1.82) is 0 Å². The van der Waals surface area contributed by atoms with Crippen molar-refractivity contribution in [2.24, 2.45) is 0 Å². The number of hydrogen-bond donors (Lipinski definition) is 0. The molecule has 1 aromatic heterocycles. The molecule has 4 rings (SSSR count). The van der Waals surface area contributed by atoms with E-state index >= 15 is 0 Å². The van der Waals surface area contributed by atoms with E-state index in [1.54, 1.807) is 6.92 Å². The van der Waals surface area contributed by atoms with Gasteiger partial charge >= 0.3 is 5.97 Å². The number of carbonyl (C=O) groups excluding carboxylic acids is 2. The fourth-order valence-corrected chi connectivity index (χ4v) is 3.62. The second-order valence-electron chi connectivity index (χ2n) is 7.34. The molecule has 0 bridgehead atoms. The summed E-state index contributed by atoms with van der Waals surface area (Å²) in [6.45, 7) is 2.75. The summed E-state index contributed by atoms with van der Waals surface area (Å²) in [5, 5.41) is 11.4. The summed E-state index contributed by atoms with van der Waals surface area (Å²) in [6.07, 6.45) is 0.649. The van der Waals surface area contributed by atoms with Crippen LogP contribution in [0.3, 0.4) is 0 Å². The molecule has 1 aliphatic heterocycles. The molecule has 2 aromatic carbocycles. The highest BCUT2D eigenvalue weighted by Gasteiger charge is 2.29. The van der Waals surface area contributed by atoms with E-state index in [2.05, 4.69) is 9.97 Å². The van der Waals surface area contributed by atoms with Gasteiger partial charge in [0.2, 0.25) is 0 Å². The number of nitro benzene ring substituents is 1. The zero-order chi connectivity index (χ0) is 22.8. The number of amides is 1. The number of nitrogens with zero attached hydrogens (tertiary/aromatic N) is 5. The molecule has 0 unspecified atom stereocenters. The Morgan fingerprint density at radius 2 is 1.72 bits per heavy atom. The van der Waals surface area contributed by atoms with Crippen LogP contribution in [0.15, 0.2) is 42.5 Å². The van der Waals surface area contributed by atoms with Gasteiger partial charge in [-0.15, -0.1) is 0 Å². The molecule has 10 nitrogen and oxygen atoms in total. The van der Waals surface area contributed by atoms with E-state index < -0.39 is 16.8 Å². The highest BCUT2D eigenvalue weighted by Crippen LogP contribution is 2.31. The van der Waals surface area contributed by atoms with Gasteiger partial charge in [-0.05, 0) is 31.5 Å². The van der Waals surface area contributed by atoms with Gasteiger partial charge in [-0.1, -0.05) is 12.1 Å². The molecule has 0 radical (unpaired) electrons. The van der Waals surface area contributed by atoms with Crippen molar-refractivity contribution in [2.75, 3.05) is 36.5 Å². The number of carbonyl (C=O) groups is 2. The molecule has 3 aromatic rings. The Morgan fingerprint density at radius 1 is 1.06 bits per heavy atom. The maximum atomic E-state index is 13.5. The van der Waals surface area contributed by atoms with E-state index in [1.807, 2.05) is 36.2 Å². The predicted molar refractivity (Wildman–Crippen MR) is 118 cm³/mol. The van der Waals surface area contributed by atoms with Gasteiger partial charge in [0, 0.05) is 37.8 Å².